The molecule has 3 saturated heterocycles. The van der Waals surface area contributed by atoms with Crippen LogP contribution in [0.15, 0.2) is 0 Å². The Hall–Kier alpha value is -2.69. The number of hydrogen-bond acceptors (Lipinski definition) is 6. The van der Waals surface area contributed by atoms with Crippen LogP contribution >= 0.6 is 0 Å². The maximum absolute atomic E-state index is 13.3. The molecule has 0 bridgehead atoms. The summed E-state index contributed by atoms with van der Waals surface area (Å²) in [6.07, 6.45) is 2.78. The van der Waals surface area contributed by atoms with Gasteiger partial charge in [0.25, 0.3) is 0 Å². The smallest absolute Gasteiger partial charge is 0.305 e. The Bertz CT molecular complexity index is 744. The Labute approximate surface area is 180 Å². The third-order valence-electron chi connectivity index (χ3n) is 6.13. The van der Waals surface area contributed by atoms with Crippen molar-refractivity contribution in [3.8, 4) is 0 Å². The fraction of sp³-hybridized carbons (Fsp3) is 0.750. The molecule has 0 aromatic heterocycles. The number of amides is 4. The summed E-state index contributed by atoms with van der Waals surface area (Å²) in [7, 11) is 0. The van der Waals surface area contributed by atoms with Crippen molar-refractivity contribution in [2.75, 3.05) is 26.2 Å². The molecule has 2 unspecified atom stereocenters. The molecule has 11 nitrogen and oxygen atoms in total. The van der Waals surface area contributed by atoms with Crippen molar-refractivity contribution in [1.82, 2.24) is 25.8 Å². The Morgan fingerprint density at radius 2 is 1.65 bits per heavy atom. The largest absolute Gasteiger partial charge is 0.481 e. The quantitative estimate of drug-likeness (QED) is 0.376. The maximum atomic E-state index is 13.3. The minimum atomic E-state index is -0.999. The van der Waals surface area contributed by atoms with Gasteiger partial charge in [0.15, 0.2) is 0 Å². The standard InChI is InChI=1S/C20H31N5O6/c1-12(26)23-13-10-14(22-11-13)19(30)25-9-3-5-16(25)20(31)24-8-2-4-15(24)18(29)21-7-6-17(27)28/h13-16,22H,2-11H2,1H3,(H,21,29)(H,23,26)(H,27,28)/t13-,14-,15?,16?/m0/s1. The topological polar surface area (TPSA) is 148 Å². The van der Waals surface area contributed by atoms with Crippen LogP contribution < -0.4 is 16.0 Å². The number of nitrogens with one attached hydrogen (secondary N) is 3. The van der Waals surface area contributed by atoms with E-state index in [-0.39, 0.29) is 42.6 Å². The van der Waals surface area contributed by atoms with Crippen LogP contribution in [-0.2, 0) is 24.0 Å². The lowest BCUT2D eigenvalue weighted by molar-refractivity contribution is -0.147. The second kappa shape index (κ2) is 10.1. The fourth-order valence-electron chi connectivity index (χ4n) is 4.71. The maximum Gasteiger partial charge on any atom is 0.305 e. The summed E-state index contributed by atoms with van der Waals surface area (Å²) in [5, 5.41) is 17.3. The molecule has 4 atom stereocenters. The second-order valence-corrected chi connectivity index (χ2v) is 8.41. The second-order valence-electron chi connectivity index (χ2n) is 8.41. The Morgan fingerprint density at radius 3 is 2.29 bits per heavy atom. The number of carboxylic acids is 1. The summed E-state index contributed by atoms with van der Waals surface area (Å²) in [5.74, 6) is -1.86. The van der Waals surface area contributed by atoms with E-state index in [0.717, 1.165) is 0 Å². The average Bonchev–Trinajstić information content (AvgIpc) is 3.46. The lowest BCUT2D eigenvalue weighted by Gasteiger charge is -2.32. The molecule has 3 heterocycles. The van der Waals surface area contributed by atoms with Crippen LogP contribution in [0.2, 0.25) is 0 Å². The summed E-state index contributed by atoms with van der Waals surface area (Å²) in [5.41, 5.74) is 0. The number of carboxylic acid groups (broad SMARTS) is 1. The van der Waals surface area contributed by atoms with E-state index in [1.807, 2.05) is 0 Å². The molecule has 31 heavy (non-hydrogen) atoms. The third kappa shape index (κ3) is 5.52. The highest BCUT2D eigenvalue weighted by Gasteiger charge is 2.44. The molecule has 3 aliphatic heterocycles. The van der Waals surface area contributed by atoms with E-state index in [9.17, 15) is 24.0 Å². The van der Waals surface area contributed by atoms with Gasteiger partial charge in [0, 0.05) is 39.1 Å². The molecule has 172 valence electrons. The van der Waals surface area contributed by atoms with Gasteiger partial charge in [-0.3, -0.25) is 24.0 Å². The molecule has 3 fully saturated rings. The van der Waals surface area contributed by atoms with Gasteiger partial charge in [-0.15, -0.1) is 0 Å². The Balaban J connectivity index is 1.59. The highest BCUT2D eigenvalue weighted by Crippen LogP contribution is 2.26. The minimum absolute atomic E-state index is 0.0174. The van der Waals surface area contributed by atoms with Gasteiger partial charge in [-0.25, -0.2) is 0 Å². The number of nitrogens with zero attached hydrogens (tertiary/aromatic N) is 2. The lowest BCUT2D eigenvalue weighted by Crippen LogP contribution is -2.55. The van der Waals surface area contributed by atoms with Crippen molar-refractivity contribution < 1.29 is 29.1 Å². The number of hydrogen-bond donors (Lipinski definition) is 4. The molecule has 0 aromatic rings. The molecule has 0 spiro atoms. The van der Waals surface area contributed by atoms with E-state index >= 15 is 0 Å². The Morgan fingerprint density at radius 1 is 1.00 bits per heavy atom. The SMILES string of the molecule is CC(=O)N[C@@H]1CN[C@H](C(=O)N2CCCC2C(=O)N2CCCC2C(=O)NCCC(=O)O)C1. The minimum Gasteiger partial charge on any atom is -0.481 e. The summed E-state index contributed by atoms with van der Waals surface area (Å²) >= 11 is 0. The third-order valence-corrected chi connectivity index (χ3v) is 6.13. The molecule has 4 amide bonds. The molecule has 11 heteroatoms. The van der Waals surface area contributed by atoms with Gasteiger partial charge in [0.2, 0.25) is 23.6 Å². The van der Waals surface area contributed by atoms with Crippen molar-refractivity contribution in [3.05, 3.63) is 0 Å². The molecule has 0 saturated carbocycles. The number of carbonyl (C=O) groups is 5. The lowest BCUT2D eigenvalue weighted by atomic mass is 10.1. The van der Waals surface area contributed by atoms with E-state index in [1.54, 1.807) is 4.90 Å². The molecular formula is C20H31N5O6. The zero-order valence-electron chi connectivity index (χ0n) is 17.8. The van der Waals surface area contributed by atoms with Crippen LogP contribution in [0, 0.1) is 0 Å². The summed E-state index contributed by atoms with van der Waals surface area (Å²) in [6, 6.07) is -1.78. The average molecular weight is 437 g/mol. The summed E-state index contributed by atoms with van der Waals surface area (Å²) in [4.78, 5) is 63.9. The molecule has 0 aromatic carbocycles. The van der Waals surface area contributed by atoms with Gasteiger partial charge >= 0.3 is 5.97 Å². The molecule has 3 rings (SSSR count). The molecule has 3 aliphatic rings. The first-order valence-corrected chi connectivity index (χ1v) is 10.9. The van der Waals surface area contributed by atoms with Gasteiger partial charge in [0.05, 0.1) is 12.5 Å². The zero-order chi connectivity index (χ0) is 22.5. The van der Waals surface area contributed by atoms with Crippen LogP contribution in [0.4, 0.5) is 0 Å². The van der Waals surface area contributed by atoms with Gasteiger partial charge in [0.1, 0.15) is 12.1 Å². The van der Waals surface area contributed by atoms with Crippen LogP contribution in [0.25, 0.3) is 0 Å². The van der Waals surface area contributed by atoms with Gasteiger partial charge < -0.3 is 30.9 Å². The Kier molecular flexibility index (Phi) is 7.47. The van der Waals surface area contributed by atoms with Gasteiger partial charge in [-0.05, 0) is 32.1 Å². The number of likely N-dealkylation sites (tertiary alicyclic amines) is 2. The molecule has 4 N–H and O–H groups in total. The highest BCUT2D eigenvalue weighted by atomic mass is 16.4. The van der Waals surface area contributed by atoms with Crippen molar-refractivity contribution in [2.24, 2.45) is 0 Å². The predicted molar refractivity (Wildman–Crippen MR) is 109 cm³/mol. The van der Waals surface area contributed by atoms with Gasteiger partial charge in [-0.1, -0.05) is 0 Å². The zero-order valence-corrected chi connectivity index (χ0v) is 17.8. The summed E-state index contributed by atoms with van der Waals surface area (Å²) in [6.45, 7) is 2.90. The predicted octanol–water partition coefficient (Wildman–Crippen LogP) is -1.57. The van der Waals surface area contributed by atoms with E-state index in [2.05, 4.69) is 16.0 Å². The van der Waals surface area contributed by atoms with Crippen molar-refractivity contribution in [1.29, 1.82) is 0 Å². The van der Waals surface area contributed by atoms with Crippen molar-refractivity contribution >= 4 is 29.6 Å². The monoisotopic (exact) mass is 437 g/mol. The van der Waals surface area contributed by atoms with Crippen LogP contribution in [0.3, 0.4) is 0 Å². The number of rotatable bonds is 7. The van der Waals surface area contributed by atoms with Crippen LogP contribution in [-0.4, -0.2) is 94.9 Å². The van der Waals surface area contributed by atoms with E-state index < -0.39 is 24.1 Å². The normalized spacial score (nSPS) is 27.9. The van der Waals surface area contributed by atoms with E-state index in [0.29, 0.717) is 51.7 Å². The number of aliphatic carboxylic acids is 1. The van der Waals surface area contributed by atoms with E-state index in [4.69, 9.17) is 5.11 Å². The summed E-state index contributed by atoms with van der Waals surface area (Å²) < 4.78 is 0. The molecule has 0 radical (unpaired) electrons. The molecular weight excluding hydrogens is 406 g/mol. The van der Waals surface area contributed by atoms with Crippen molar-refractivity contribution in [2.45, 2.75) is 69.6 Å². The van der Waals surface area contributed by atoms with E-state index in [1.165, 1.54) is 11.8 Å². The molecule has 0 aliphatic carbocycles. The highest BCUT2D eigenvalue weighted by molar-refractivity contribution is 5.94. The fourth-order valence-corrected chi connectivity index (χ4v) is 4.71. The first kappa shape index (κ1) is 23.0. The van der Waals surface area contributed by atoms with Crippen molar-refractivity contribution in [3.63, 3.8) is 0 Å². The van der Waals surface area contributed by atoms with Gasteiger partial charge in [-0.2, -0.15) is 0 Å². The number of carbonyl (C=O) groups excluding carboxylic acids is 4. The van der Waals surface area contributed by atoms with Crippen LogP contribution in [0.5, 0.6) is 0 Å². The first-order chi connectivity index (χ1) is 14.8. The van der Waals surface area contributed by atoms with Crippen LogP contribution in [0.1, 0.15) is 45.4 Å². The first-order valence-electron chi connectivity index (χ1n) is 10.9.